The summed E-state index contributed by atoms with van der Waals surface area (Å²) < 4.78 is 47.7. The van der Waals surface area contributed by atoms with Crippen LogP contribution in [0.25, 0.3) is 0 Å². The van der Waals surface area contributed by atoms with Gasteiger partial charge in [0.1, 0.15) is 10.1 Å². The van der Waals surface area contributed by atoms with E-state index in [0.29, 0.717) is 12.8 Å². The molecule has 0 amide bonds. The molecular weight excluding hydrogens is 443 g/mol. The summed E-state index contributed by atoms with van der Waals surface area (Å²) in [4.78, 5) is 10.5. The summed E-state index contributed by atoms with van der Waals surface area (Å²) in [5.74, 6) is 0. The Morgan fingerprint density at radius 1 is 1.04 bits per heavy atom. The Morgan fingerprint density at radius 3 is 2.26 bits per heavy atom. The Hall–Kier alpha value is 1.44. The molecule has 0 radical (unpaired) electrons. The van der Waals surface area contributed by atoms with Crippen LogP contribution in [0.3, 0.4) is 0 Å². The Morgan fingerprint density at radius 2 is 1.67 bits per heavy atom. The molecule has 0 aliphatic heterocycles. The minimum Gasteiger partial charge on any atom is -0.746 e. The molecule has 0 spiro atoms. The maximum atomic E-state index is 11.0. The Bertz CT molecular complexity index is 823. The summed E-state index contributed by atoms with van der Waals surface area (Å²) in [6.07, 6.45) is 0.588. The van der Waals surface area contributed by atoms with Gasteiger partial charge in [-0.3, -0.25) is 0 Å². The number of nitrogens with one attached hydrogen (secondary N) is 1. The average molecular weight is 461 g/mol. The van der Waals surface area contributed by atoms with Crippen LogP contribution in [0.1, 0.15) is 18.4 Å². The molecule has 27 heavy (non-hydrogen) atoms. The second kappa shape index (κ2) is 14.4. The first-order chi connectivity index (χ1) is 11.8. The van der Waals surface area contributed by atoms with Crippen LogP contribution in [0.15, 0.2) is 54.6 Å². The van der Waals surface area contributed by atoms with E-state index in [0.717, 1.165) is 16.9 Å². The smallest absolute Gasteiger partial charge is 0.746 e. The van der Waals surface area contributed by atoms with Gasteiger partial charge in [-0.05, 0) is 53.7 Å². The molecule has 0 aliphatic carbocycles. The largest absolute Gasteiger partial charge is 1.00 e. The van der Waals surface area contributed by atoms with Gasteiger partial charge in [0, 0.05) is 11.4 Å². The van der Waals surface area contributed by atoms with Gasteiger partial charge >= 0.3 is 111 Å². The van der Waals surface area contributed by atoms with E-state index in [2.05, 4.69) is 9.84 Å². The predicted octanol–water partition coefficient (Wildman–Crippen LogP) is -3.33. The zero-order valence-electron chi connectivity index (χ0n) is 15.2. The first-order valence-corrected chi connectivity index (χ1v) is 10.1. The molecule has 0 saturated heterocycles. The fourth-order valence-corrected chi connectivity index (χ4v) is 3.70. The first kappa shape index (κ1) is 28.4. The summed E-state index contributed by atoms with van der Waals surface area (Å²) in [7, 11) is -8.23. The van der Waals surface area contributed by atoms with E-state index in [1.54, 1.807) is 0 Å². The summed E-state index contributed by atoms with van der Waals surface area (Å²) in [5, 5.41) is 3.24. The number of hydrogen-bond donors (Lipinski definition) is 1. The SMILES string of the molecule is O=[P+]([O-])OC(CCCc1cccc(Nc2ccccc2)c1)S(=O)(=O)[O-].[K+].[K+]. The van der Waals surface area contributed by atoms with Gasteiger partial charge < -0.3 is 14.8 Å². The van der Waals surface area contributed by atoms with Crippen molar-refractivity contribution in [1.29, 1.82) is 0 Å². The minimum absolute atomic E-state index is 0. The molecule has 0 heterocycles. The predicted molar refractivity (Wildman–Crippen MR) is 91.3 cm³/mol. The van der Waals surface area contributed by atoms with Gasteiger partial charge in [0.15, 0.2) is 0 Å². The standard InChI is InChI=1S/C16H18NO6PS.2K/c18-24(19)23-16(25(20,21)22)11-5-7-13-6-4-10-15(12-13)17-14-8-2-1-3-9-14;;/h1-4,6,8-10,12,16-17H,5,7,11H2,(H,20,21,22);;/q;2*+1/p-1. The third-order valence-corrected chi connectivity index (χ3v) is 4.97. The van der Waals surface area contributed by atoms with Crippen LogP contribution in [0.4, 0.5) is 11.4 Å². The molecule has 0 fully saturated rings. The van der Waals surface area contributed by atoms with Crippen LogP contribution >= 0.6 is 8.25 Å². The van der Waals surface area contributed by atoms with E-state index >= 15 is 0 Å². The van der Waals surface area contributed by atoms with Crippen molar-refractivity contribution < 1.29 is 130 Å². The molecule has 0 saturated carbocycles. The van der Waals surface area contributed by atoms with Crippen molar-refractivity contribution in [2.24, 2.45) is 0 Å². The Balaban J connectivity index is 0.00000338. The molecule has 2 aromatic carbocycles. The molecule has 0 bridgehead atoms. The van der Waals surface area contributed by atoms with Crippen molar-refractivity contribution in [2.75, 3.05) is 5.32 Å². The van der Waals surface area contributed by atoms with Crippen LogP contribution in [0, 0.1) is 0 Å². The number of para-hydroxylation sites is 1. The van der Waals surface area contributed by atoms with E-state index in [1.807, 2.05) is 54.6 Å². The topological polar surface area (TPSA) is 119 Å². The van der Waals surface area contributed by atoms with Crippen molar-refractivity contribution in [3.05, 3.63) is 60.2 Å². The third kappa shape index (κ3) is 11.4. The van der Waals surface area contributed by atoms with Crippen molar-refractivity contribution in [1.82, 2.24) is 0 Å². The van der Waals surface area contributed by atoms with Gasteiger partial charge in [-0.2, -0.15) is 0 Å². The third-order valence-electron chi connectivity index (χ3n) is 3.42. The Labute approximate surface area is 245 Å². The van der Waals surface area contributed by atoms with Crippen LogP contribution < -0.4 is 113 Å². The number of rotatable bonds is 9. The molecule has 0 aromatic heterocycles. The van der Waals surface area contributed by atoms with Crippen molar-refractivity contribution >= 4 is 29.7 Å². The van der Waals surface area contributed by atoms with Gasteiger partial charge in [0.2, 0.25) is 5.44 Å². The average Bonchev–Trinajstić information content (AvgIpc) is 2.54. The maximum absolute atomic E-state index is 11.0. The number of aryl methyl sites for hydroxylation is 1. The second-order valence-corrected chi connectivity index (χ2v) is 7.50. The van der Waals surface area contributed by atoms with Crippen LogP contribution in [-0.2, 0) is 25.6 Å². The molecule has 134 valence electrons. The molecule has 2 aromatic rings. The molecule has 7 nitrogen and oxygen atoms in total. The molecule has 2 rings (SSSR count). The summed E-state index contributed by atoms with van der Waals surface area (Å²) >= 11 is 0. The fraction of sp³-hybridized carbons (Fsp3) is 0.250. The van der Waals surface area contributed by atoms with E-state index in [4.69, 9.17) is 0 Å². The molecule has 2 unspecified atom stereocenters. The van der Waals surface area contributed by atoms with Gasteiger partial charge in [0.25, 0.3) is 0 Å². The number of anilines is 2. The van der Waals surface area contributed by atoms with E-state index < -0.39 is 23.8 Å². The van der Waals surface area contributed by atoms with Gasteiger partial charge in [-0.15, -0.1) is 4.52 Å². The molecular formula is C16H17K2NO6PS+. The van der Waals surface area contributed by atoms with Crippen molar-refractivity contribution in [3.8, 4) is 0 Å². The Kier molecular flexibility index (Phi) is 15.2. The summed E-state index contributed by atoms with van der Waals surface area (Å²) in [6, 6.07) is 17.1. The molecule has 2 atom stereocenters. The van der Waals surface area contributed by atoms with Crippen LogP contribution in [-0.4, -0.2) is 18.4 Å². The van der Waals surface area contributed by atoms with Crippen LogP contribution in [0.5, 0.6) is 0 Å². The van der Waals surface area contributed by atoms with E-state index in [-0.39, 0.29) is 109 Å². The van der Waals surface area contributed by atoms with Gasteiger partial charge in [0.05, 0.1) is 0 Å². The van der Waals surface area contributed by atoms with Gasteiger partial charge in [-0.25, -0.2) is 8.42 Å². The van der Waals surface area contributed by atoms with E-state index in [9.17, 15) is 22.4 Å². The van der Waals surface area contributed by atoms with Crippen molar-refractivity contribution in [3.63, 3.8) is 0 Å². The fourth-order valence-electron chi connectivity index (χ4n) is 2.31. The monoisotopic (exact) mass is 460 g/mol. The van der Waals surface area contributed by atoms with Crippen molar-refractivity contribution in [2.45, 2.75) is 24.7 Å². The minimum atomic E-state index is -4.83. The zero-order chi connectivity index (χ0) is 18.3. The molecule has 0 aliphatic rings. The van der Waals surface area contributed by atoms with E-state index in [1.165, 1.54) is 0 Å². The quantitative estimate of drug-likeness (QED) is 0.236. The second-order valence-electron chi connectivity index (χ2n) is 5.34. The normalized spacial score (nSPS) is 12.3. The first-order valence-electron chi connectivity index (χ1n) is 7.51. The summed E-state index contributed by atoms with van der Waals surface area (Å²) in [5.41, 5.74) is 0.856. The zero-order valence-corrected chi connectivity index (χ0v) is 23.2. The number of benzene rings is 2. The maximum Gasteiger partial charge on any atom is 1.00 e. The molecule has 1 N–H and O–H groups in total. The molecule has 11 heteroatoms. The number of hydrogen-bond acceptors (Lipinski definition) is 7. The van der Waals surface area contributed by atoms with Gasteiger partial charge in [-0.1, -0.05) is 30.3 Å². The summed E-state index contributed by atoms with van der Waals surface area (Å²) in [6.45, 7) is 0. The van der Waals surface area contributed by atoms with Crippen LogP contribution in [0.2, 0.25) is 0 Å².